The Bertz CT molecular complexity index is 474. The average Bonchev–Trinajstić information content (AvgIpc) is 2.23. The number of hydrogen-bond donors (Lipinski definition) is 1. The first-order valence-corrected chi connectivity index (χ1v) is 7.65. The maximum atomic E-state index is 11.8. The zero-order chi connectivity index (χ0) is 12.9. The normalized spacial score (nSPS) is 11.5. The summed E-state index contributed by atoms with van der Waals surface area (Å²) < 4.78 is 31.8. The van der Waals surface area contributed by atoms with Gasteiger partial charge in [0.2, 0.25) is 10.0 Å². The van der Waals surface area contributed by atoms with Crippen LogP contribution in [0.2, 0.25) is 0 Å². The van der Waals surface area contributed by atoms with E-state index >= 15 is 0 Å². The zero-order valence-corrected chi connectivity index (χ0v) is 12.3. The van der Waals surface area contributed by atoms with Crippen molar-refractivity contribution in [1.29, 1.82) is 0 Å². The molecule has 6 heteroatoms. The van der Waals surface area contributed by atoms with Crippen molar-refractivity contribution in [2.75, 3.05) is 24.2 Å². The van der Waals surface area contributed by atoms with E-state index in [1.54, 1.807) is 13.2 Å². The van der Waals surface area contributed by atoms with Crippen molar-refractivity contribution >= 4 is 31.6 Å². The first kappa shape index (κ1) is 14.5. The lowest BCUT2D eigenvalue weighted by Crippen LogP contribution is -2.18. The minimum atomic E-state index is -3.30. The van der Waals surface area contributed by atoms with E-state index in [-0.39, 0.29) is 5.75 Å². The summed E-state index contributed by atoms with van der Waals surface area (Å²) in [5, 5.41) is 0. The molecule has 0 saturated heterocycles. The number of nitrogens with one attached hydrogen (secondary N) is 1. The zero-order valence-electron chi connectivity index (χ0n) is 9.86. The predicted octanol–water partition coefficient (Wildman–Crippen LogP) is 2.54. The third-order valence-corrected chi connectivity index (χ3v) is 4.08. The van der Waals surface area contributed by atoms with E-state index in [9.17, 15) is 8.42 Å². The van der Waals surface area contributed by atoms with Crippen molar-refractivity contribution in [1.82, 2.24) is 0 Å². The number of benzene rings is 1. The molecule has 0 atom stereocenters. The van der Waals surface area contributed by atoms with Gasteiger partial charge in [0.1, 0.15) is 0 Å². The Hall–Kier alpha value is -0.590. The van der Waals surface area contributed by atoms with Gasteiger partial charge in [0.15, 0.2) is 0 Å². The van der Waals surface area contributed by atoms with Gasteiger partial charge in [0.25, 0.3) is 0 Å². The molecule has 96 valence electrons. The summed E-state index contributed by atoms with van der Waals surface area (Å²) in [6.45, 7) is 2.30. The maximum Gasteiger partial charge on any atom is 0.232 e. The summed E-state index contributed by atoms with van der Waals surface area (Å²) in [4.78, 5) is 0. The van der Waals surface area contributed by atoms with E-state index in [4.69, 9.17) is 4.74 Å². The third-order valence-electron chi connectivity index (χ3n) is 2.23. The molecule has 0 spiro atoms. The quantitative estimate of drug-likeness (QED) is 0.819. The first-order chi connectivity index (χ1) is 7.94. The fourth-order valence-electron chi connectivity index (χ4n) is 1.32. The van der Waals surface area contributed by atoms with Gasteiger partial charge >= 0.3 is 0 Å². The fraction of sp³-hybridized carbons (Fsp3) is 0.455. The molecule has 0 aliphatic carbocycles. The van der Waals surface area contributed by atoms with E-state index in [0.29, 0.717) is 18.7 Å². The van der Waals surface area contributed by atoms with Crippen molar-refractivity contribution in [2.45, 2.75) is 13.3 Å². The monoisotopic (exact) mass is 321 g/mol. The lowest BCUT2D eigenvalue weighted by atomic mass is 10.2. The summed E-state index contributed by atoms with van der Waals surface area (Å²) in [5.74, 6) is 0.0623. The SMILES string of the molecule is COCCCS(=O)(=O)Nc1cc(Br)ccc1C. The number of hydrogen-bond acceptors (Lipinski definition) is 3. The number of rotatable bonds is 6. The van der Waals surface area contributed by atoms with Crippen molar-refractivity contribution in [2.24, 2.45) is 0 Å². The molecular weight excluding hydrogens is 306 g/mol. The number of ether oxygens (including phenoxy) is 1. The summed E-state index contributed by atoms with van der Waals surface area (Å²) in [5.41, 5.74) is 1.50. The summed E-state index contributed by atoms with van der Waals surface area (Å²) in [7, 11) is -1.74. The molecule has 1 N–H and O–H groups in total. The van der Waals surface area contributed by atoms with Crippen LogP contribution >= 0.6 is 15.9 Å². The van der Waals surface area contributed by atoms with Crippen molar-refractivity contribution in [3.05, 3.63) is 28.2 Å². The van der Waals surface area contributed by atoms with Crippen LogP contribution in [0.3, 0.4) is 0 Å². The van der Waals surface area contributed by atoms with Crippen LogP contribution in [0.5, 0.6) is 0 Å². The number of halogens is 1. The van der Waals surface area contributed by atoms with Crippen molar-refractivity contribution < 1.29 is 13.2 Å². The number of anilines is 1. The van der Waals surface area contributed by atoms with Crippen LogP contribution in [0, 0.1) is 6.92 Å². The van der Waals surface area contributed by atoms with E-state index in [1.165, 1.54) is 0 Å². The van der Waals surface area contributed by atoms with Gasteiger partial charge in [-0.3, -0.25) is 4.72 Å². The highest BCUT2D eigenvalue weighted by atomic mass is 79.9. The van der Waals surface area contributed by atoms with Gasteiger partial charge in [0, 0.05) is 18.2 Å². The lowest BCUT2D eigenvalue weighted by Gasteiger charge is -2.10. The molecular formula is C11H16BrNO3S. The molecule has 0 heterocycles. The van der Waals surface area contributed by atoms with Crippen LogP contribution in [0.4, 0.5) is 5.69 Å². The van der Waals surface area contributed by atoms with E-state index in [1.807, 2.05) is 19.1 Å². The van der Waals surface area contributed by atoms with Gasteiger partial charge in [-0.15, -0.1) is 0 Å². The highest BCUT2D eigenvalue weighted by molar-refractivity contribution is 9.10. The summed E-state index contributed by atoms with van der Waals surface area (Å²) >= 11 is 3.31. The van der Waals surface area contributed by atoms with Crippen molar-refractivity contribution in [3.63, 3.8) is 0 Å². The molecule has 0 aromatic heterocycles. The highest BCUT2D eigenvalue weighted by Gasteiger charge is 2.11. The van der Waals surface area contributed by atoms with Crippen LogP contribution in [0.25, 0.3) is 0 Å². The van der Waals surface area contributed by atoms with E-state index in [0.717, 1.165) is 10.0 Å². The Morgan fingerprint density at radius 3 is 2.76 bits per heavy atom. The molecule has 4 nitrogen and oxygen atoms in total. The molecule has 0 saturated carbocycles. The molecule has 17 heavy (non-hydrogen) atoms. The fourth-order valence-corrected chi connectivity index (χ4v) is 2.83. The largest absolute Gasteiger partial charge is 0.385 e. The Morgan fingerprint density at radius 2 is 2.12 bits per heavy atom. The van der Waals surface area contributed by atoms with Gasteiger partial charge in [-0.1, -0.05) is 22.0 Å². The Balaban J connectivity index is 2.72. The second-order valence-corrected chi connectivity index (χ2v) is 6.48. The van der Waals surface area contributed by atoms with Gasteiger partial charge in [-0.2, -0.15) is 0 Å². The Labute approximate surface area is 111 Å². The summed E-state index contributed by atoms with van der Waals surface area (Å²) in [6, 6.07) is 5.48. The van der Waals surface area contributed by atoms with Gasteiger partial charge in [0.05, 0.1) is 11.4 Å². The van der Waals surface area contributed by atoms with Crippen LogP contribution in [0.1, 0.15) is 12.0 Å². The molecule has 1 aromatic carbocycles. The Morgan fingerprint density at radius 1 is 1.41 bits per heavy atom. The average molecular weight is 322 g/mol. The van der Waals surface area contributed by atoms with Gasteiger partial charge in [-0.25, -0.2) is 8.42 Å². The van der Waals surface area contributed by atoms with Crippen LogP contribution in [-0.4, -0.2) is 27.9 Å². The second kappa shape index (κ2) is 6.37. The second-order valence-electron chi connectivity index (χ2n) is 3.73. The van der Waals surface area contributed by atoms with Crippen LogP contribution < -0.4 is 4.72 Å². The first-order valence-electron chi connectivity index (χ1n) is 5.20. The van der Waals surface area contributed by atoms with Crippen LogP contribution in [-0.2, 0) is 14.8 Å². The third kappa shape index (κ3) is 5.06. The smallest absolute Gasteiger partial charge is 0.232 e. The highest BCUT2D eigenvalue weighted by Crippen LogP contribution is 2.21. The molecule has 1 aromatic rings. The summed E-state index contributed by atoms with van der Waals surface area (Å²) in [6.07, 6.45) is 0.485. The molecule has 0 radical (unpaired) electrons. The Kier molecular flexibility index (Phi) is 5.42. The minimum Gasteiger partial charge on any atom is -0.385 e. The number of sulfonamides is 1. The lowest BCUT2D eigenvalue weighted by molar-refractivity contribution is 0.199. The van der Waals surface area contributed by atoms with Crippen LogP contribution in [0.15, 0.2) is 22.7 Å². The molecule has 0 amide bonds. The minimum absolute atomic E-state index is 0.0623. The standard InChI is InChI=1S/C11H16BrNO3S/c1-9-4-5-10(12)8-11(9)13-17(14,15)7-3-6-16-2/h4-5,8,13H,3,6-7H2,1-2H3. The van der Waals surface area contributed by atoms with E-state index in [2.05, 4.69) is 20.7 Å². The molecule has 1 rings (SSSR count). The number of methoxy groups -OCH3 is 1. The molecule has 0 aliphatic rings. The molecule has 0 aliphatic heterocycles. The van der Waals surface area contributed by atoms with Crippen molar-refractivity contribution in [3.8, 4) is 0 Å². The van der Waals surface area contributed by atoms with Gasteiger partial charge < -0.3 is 4.74 Å². The topological polar surface area (TPSA) is 55.4 Å². The van der Waals surface area contributed by atoms with Gasteiger partial charge in [-0.05, 0) is 31.0 Å². The molecule has 0 fully saturated rings. The molecule has 0 bridgehead atoms. The number of aryl methyl sites for hydroxylation is 1. The van der Waals surface area contributed by atoms with E-state index < -0.39 is 10.0 Å². The predicted molar refractivity (Wildman–Crippen MR) is 72.8 cm³/mol. The maximum absolute atomic E-state index is 11.8. The molecule has 0 unspecified atom stereocenters.